The van der Waals surface area contributed by atoms with Gasteiger partial charge in [-0.1, -0.05) is 6.08 Å². The summed E-state index contributed by atoms with van der Waals surface area (Å²) >= 11 is 0. The predicted molar refractivity (Wildman–Crippen MR) is 37.8 cm³/mol. The molecule has 0 aliphatic rings. The minimum absolute atomic E-state index is 1.14. The highest BCUT2D eigenvalue weighted by Gasteiger charge is 1.83. The minimum Gasteiger partial charge on any atom is -0.265 e. The van der Waals surface area contributed by atoms with E-state index in [-0.39, 0.29) is 0 Å². The van der Waals surface area contributed by atoms with Gasteiger partial charge in [0.05, 0.1) is 0 Å². The number of hydrogen-bond donors (Lipinski definition) is 0. The van der Waals surface area contributed by atoms with Crippen LogP contribution in [0, 0.1) is 6.42 Å². The lowest BCUT2D eigenvalue weighted by Crippen LogP contribution is -1.75. The molecule has 1 aromatic rings. The molecule has 0 aromatic carbocycles. The molecule has 45 valence electrons. The lowest BCUT2D eigenvalue weighted by Gasteiger charge is -1.90. The smallest absolute Gasteiger partial charge is 0.0270 e. The first-order chi connectivity index (χ1) is 4.43. The summed E-state index contributed by atoms with van der Waals surface area (Å²) in [6.45, 7) is 3.58. The van der Waals surface area contributed by atoms with Gasteiger partial charge in [0, 0.05) is 18.8 Å². The molecule has 0 atom stereocenters. The van der Waals surface area contributed by atoms with E-state index in [1.54, 1.807) is 18.5 Å². The molecule has 0 bridgehead atoms. The van der Waals surface area contributed by atoms with Crippen molar-refractivity contribution in [2.75, 3.05) is 0 Å². The van der Waals surface area contributed by atoms with E-state index in [1.165, 1.54) is 0 Å². The predicted octanol–water partition coefficient (Wildman–Crippen LogP) is 1.82. The molecule has 1 nitrogen and oxygen atoms in total. The van der Waals surface area contributed by atoms with Crippen molar-refractivity contribution in [1.82, 2.24) is 4.98 Å². The first kappa shape index (κ1) is 6.02. The van der Waals surface area contributed by atoms with Crippen molar-refractivity contribution < 1.29 is 0 Å². The molecule has 0 aliphatic carbocycles. The van der Waals surface area contributed by atoms with Crippen LogP contribution in [0.4, 0.5) is 0 Å². The van der Waals surface area contributed by atoms with Gasteiger partial charge in [-0.3, -0.25) is 4.98 Å². The van der Waals surface area contributed by atoms with Crippen LogP contribution in [0.25, 0.3) is 0 Å². The number of nitrogens with zero attached hydrogens (tertiary/aromatic N) is 1. The van der Waals surface area contributed by atoms with Gasteiger partial charge in [0.2, 0.25) is 0 Å². The second kappa shape index (κ2) is 3.02. The summed E-state index contributed by atoms with van der Waals surface area (Å²) in [7, 11) is 0. The van der Waals surface area contributed by atoms with Crippen LogP contribution in [0.1, 0.15) is 5.56 Å². The van der Waals surface area contributed by atoms with Crippen molar-refractivity contribution in [2.45, 2.75) is 0 Å². The maximum atomic E-state index is 3.87. The highest BCUT2D eigenvalue weighted by Crippen LogP contribution is 1.98. The molecule has 0 fully saturated rings. The number of aromatic nitrogens is 1. The Morgan fingerprint density at radius 3 is 2.56 bits per heavy atom. The molecule has 0 unspecified atom stereocenters. The summed E-state index contributed by atoms with van der Waals surface area (Å²) in [5.41, 5.74) is 1.14. The Labute approximate surface area is 55.1 Å². The van der Waals surface area contributed by atoms with Gasteiger partial charge in [-0.15, -0.1) is 6.58 Å². The number of pyridine rings is 1. The molecule has 0 N–H and O–H groups in total. The lowest BCUT2D eigenvalue weighted by atomic mass is 10.2. The van der Waals surface area contributed by atoms with Crippen LogP contribution in [0.5, 0.6) is 0 Å². The largest absolute Gasteiger partial charge is 0.265 e. The van der Waals surface area contributed by atoms with Crippen molar-refractivity contribution in [1.29, 1.82) is 0 Å². The first-order valence-corrected chi connectivity index (χ1v) is 2.79. The first-order valence-electron chi connectivity index (χ1n) is 2.79. The molecule has 0 amide bonds. The van der Waals surface area contributed by atoms with Crippen molar-refractivity contribution in [3.05, 3.63) is 49.2 Å². The van der Waals surface area contributed by atoms with Gasteiger partial charge in [-0.05, 0) is 17.7 Å². The van der Waals surface area contributed by atoms with Gasteiger partial charge in [0.25, 0.3) is 0 Å². The Morgan fingerprint density at radius 2 is 2.00 bits per heavy atom. The van der Waals surface area contributed by atoms with Crippen LogP contribution < -0.4 is 0 Å². The second-order valence-corrected chi connectivity index (χ2v) is 1.68. The van der Waals surface area contributed by atoms with Crippen LogP contribution in [0.2, 0.25) is 0 Å². The van der Waals surface area contributed by atoms with Crippen LogP contribution in [0.3, 0.4) is 0 Å². The van der Waals surface area contributed by atoms with Crippen LogP contribution >= 0.6 is 0 Å². The third kappa shape index (κ3) is 1.68. The quantitative estimate of drug-likeness (QED) is 0.577. The normalized spacial score (nSPS) is 8.89. The standard InChI is InChI=1S/C8H8N/c1-2-3-8-4-6-9-7-5-8/h2-7H,1H2. The zero-order valence-corrected chi connectivity index (χ0v) is 5.12. The monoisotopic (exact) mass is 118 g/mol. The fraction of sp³-hybridized carbons (Fsp3) is 0. The molecular weight excluding hydrogens is 110 g/mol. The van der Waals surface area contributed by atoms with Crippen molar-refractivity contribution >= 4 is 0 Å². The molecule has 9 heavy (non-hydrogen) atoms. The van der Waals surface area contributed by atoms with Gasteiger partial charge >= 0.3 is 0 Å². The fourth-order valence-electron chi connectivity index (χ4n) is 0.611. The molecule has 1 heteroatoms. The Morgan fingerprint density at radius 1 is 1.33 bits per heavy atom. The van der Waals surface area contributed by atoms with E-state index in [0.717, 1.165) is 5.56 Å². The van der Waals surface area contributed by atoms with E-state index >= 15 is 0 Å². The molecule has 0 saturated heterocycles. The highest BCUT2D eigenvalue weighted by atomic mass is 14.6. The average molecular weight is 118 g/mol. The summed E-state index contributed by atoms with van der Waals surface area (Å²) in [6.07, 6.45) is 7.21. The molecule has 1 rings (SSSR count). The fourth-order valence-corrected chi connectivity index (χ4v) is 0.611. The number of allylic oxidation sites excluding steroid dienone is 1. The summed E-state index contributed by atoms with van der Waals surface area (Å²) in [6, 6.07) is 3.86. The maximum Gasteiger partial charge on any atom is 0.0270 e. The molecule has 1 radical (unpaired) electrons. The van der Waals surface area contributed by atoms with Gasteiger partial charge < -0.3 is 0 Å². The Hall–Kier alpha value is -1.11. The molecule has 1 aromatic heterocycles. The zero-order chi connectivity index (χ0) is 6.53. The molecule has 0 aliphatic heterocycles. The summed E-state index contributed by atoms with van der Waals surface area (Å²) in [4.78, 5) is 3.87. The summed E-state index contributed by atoms with van der Waals surface area (Å²) in [5, 5.41) is 0. The number of hydrogen-bond acceptors (Lipinski definition) is 1. The van der Waals surface area contributed by atoms with Gasteiger partial charge in [0.1, 0.15) is 0 Å². The Bertz CT molecular complexity index is 179. The number of rotatable bonds is 2. The molecule has 0 spiro atoms. The Kier molecular flexibility index (Phi) is 2.02. The van der Waals surface area contributed by atoms with E-state index in [0.29, 0.717) is 0 Å². The third-order valence-electron chi connectivity index (χ3n) is 1.02. The molecule has 0 saturated carbocycles. The van der Waals surface area contributed by atoms with E-state index < -0.39 is 0 Å². The van der Waals surface area contributed by atoms with Gasteiger partial charge in [0.15, 0.2) is 0 Å². The van der Waals surface area contributed by atoms with Crippen LogP contribution in [0.15, 0.2) is 37.2 Å². The molecule has 1 heterocycles. The van der Waals surface area contributed by atoms with Crippen molar-refractivity contribution in [3.63, 3.8) is 0 Å². The van der Waals surface area contributed by atoms with E-state index in [4.69, 9.17) is 0 Å². The van der Waals surface area contributed by atoms with E-state index in [9.17, 15) is 0 Å². The van der Waals surface area contributed by atoms with E-state index in [2.05, 4.69) is 11.6 Å². The van der Waals surface area contributed by atoms with Gasteiger partial charge in [-0.25, -0.2) is 0 Å². The SMILES string of the molecule is C=C[CH]c1ccncc1. The minimum atomic E-state index is 1.14. The highest BCUT2D eigenvalue weighted by molar-refractivity contribution is 5.23. The van der Waals surface area contributed by atoms with Gasteiger partial charge in [-0.2, -0.15) is 0 Å². The maximum absolute atomic E-state index is 3.87. The lowest BCUT2D eigenvalue weighted by molar-refractivity contribution is 1.30. The second-order valence-electron chi connectivity index (χ2n) is 1.68. The third-order valence-corrected chi connectivity index (χ3v) is 1.02. The Balaban J connectivity index is 2.72. The van der Waals surface area contributed by atoms with Crippen molar-refractivity contribution in [2.24, 2.45) is 0 Å². The average Bonchev–Trinajstić information content (AvgIpc) is 1.91. The van der Waals surface area contributed by atoms with Crippen molar-refractivity contribution in [3.8, 4) is 0 Å². The topological polar surface area (TPSA) is 12.9 Å². The van der Waals surface area contributed by atoms with E-state index in [1.807, 2.05) is 18.6 Å². The van der Waals surface area contributed by atoms with Crippen LogP contribution in [-0.4, -0.2) is 4.98 Å². The molecular formula is C8H8N. The zero-order valence-electron chi connectivity index (χ0n) is 5.12. The summed E-state index contributed by atoms with van der Waals surface area (Å²) in [5.74, 6) is 0. The van der Waals surface area contributed by atoms with Crippen LogP contribution in [-0.2, 0) is 0 Å². The summed E-state index contributed by atoms with van der Waals surface area (Å²) < 4.78 is 0.